The van der Waals surface area contributed by atoms with E-state index < -0.39 is 4.92 Å². The van der Waals surface area contributed by atoms with Crippen LogP contribution in [-0.2, 0) is 0 Å². The molecule has 2 aromatic rings. The zero-order valence-corrected chi connectivity index (χ0v) is 13.1. The summed E-state index contributed by atoms with van der Waals surface area (Å²) >= 11 is 0. The van der Waals surface area contributed by atoms with Crippen LogP contribution in [-0.4, -0.2) is 21.3 Å². The molecule has 1 aliphatic rings. The van der Waals surface area contributed by atoms with Gasteiger partial charge >= 0.3 is 5.69 Å². The predicted molar refractivity (Wildman–Crippen MR) is 89.2 cm³/mol. The number of nitro groups is 1. The summed E-state index contributed by atoms with van der Waals surface area (Å²) in [6.07, 6.45) is 7.26. The van der Waals surface area contributed by atoms with E-state index in [9.17, 15) is 20.0 Å². The first-order valence-electron chi connectivity index (χ1n) is 8.03. The second kappa shape index (κ2) is 6.78. The molecule has 0 aliphatic heterocycles. The Morgan fingerprint density at radius 1 is 1.21 bits per heavy atom. The van der Waals surface area contributed by atoms with E-state index in [1.807, 2.05) is 0 Å². The molecule has 24 heavy (non-hydrogen) atoms. The highest BCUT2D eigenvalue weighted by molar-refractivity contribution is 5.76. The number of aromatic hydroxyl groups is 1. The summed E-state index contributed by atoms with van der Waals surface area (Å²) in [6.45, 7) is 0. The molecule has 6 nitrogen and oxygen atoms in total. The molecule has 3 rings (SSSR count). The maximum Gasteiger partial charge on any atom is 0.311 e. The number of phenols is 1. The predicted octanol–water partition coefficient (Wildman–Crippen LogP) is 4.22. The van der Waals surface area contributed by atoms with Crippen LogP contribution in [0.3, 0.4) is 0 Å². The van der Waals surface area contributed by atoms with Crippen LogP contribution in [0.15, 0.2) is 30.5 Å². The number of nitro benzene ring substituents is 1. The van der Waals surface area contributed by atoms with Crippen LogP contribution in [0, 0.1) is 10.1 Å². The highest BCUT2D eigenvalue weighted by Crippen LogP contribution is 2.43. The topological polar surface area (TPSA) is 93.3 Å². The lowest BCUT2D eigenvalue weighted by atomic mass is 9.82. The molecular formula is C18H18N2O4. The lowest BCUT2D eigenvalue weighted by molar-refractivity contribution is -0.385. The molecule has 0 radical (unpaired) electrons. The van der Waals surface area contributed by atoms with Crippen molar-refractivity contribution in [2.45, 2.75) is 38.0 Å². The Morgan fingerprint density at radius 2 is 1.96 bits per heavy atom. The van der Waals surface area contributed by atoms with Crippen molar-refractivity contribution in [1.82, 2.24) is 4.98 Å². The van der Waals surface area contributed by atoms with E-state index in [0.29, 0.717) is 28.7 Å². The Kier molecular flexibility index (Phi) is 4.55. The Bertz CT molecular complexity index is 765. The third-order valence-electron chi connectivity index (χ3n) is 4.58. The number of aldehydes is 1. The van der Waals surface area contributed by atoms with Gasteiger partial charge in [-0.3, -0.25) is 19.9 Å². The fourth-order valence-electron chi connectivity index (χ4n) is 3.30. The number of nitrogens with zero attached hydrogens (tertiary/aromatic N) is 2. The average Bonchev–Trinajstić information content (AvgIpc) is 2.62. The van der Waals surface area contributed by atoms with Gasteiger partial charge in [-0.1, -0.05) is 19.3 Å². The lowest BCUT2D eigenvalue weighted by Gasteiger charge is -2.23. The molecule has 1 fully saturated rings. The van der Waals surface area contributed by atoms with Crippen molar-refractivity contribution in [3.63, 3.8) is 0 Å². The number of phenolic OH excluding ortho intramolecular Hbond substituents is 1. The third kappa shape index (κ3) is 3.13. The van der Waals surface area contributed by atoms with E-state index in [4.69, 9.17) is 0 Å². The standard InChI is InChI=1S/C18H18N2O4/c21-11-12-6-7-16(19-10-12)14-8-15(13-4-2-1-3-5-13)18(22)17(9-14)20(23)24/h6-11,13,22H,1-5H2. The third-order valence-corrected chi connectivity index (χ3v) is 4.58. The largest absolute Gasteiger partial charge is 0.502 e. The molecular weight excluding hydrogens is 308 g/mol. The molecule has 0 spiro atoms. The summed E-state index contributed by atoms with van der Waals surface area (Å²) < 4.78 is 0. The molecule has 1 saturated carbocycles. The minimum absolute atomic E-state index is 0.131. The quantitative estimate of drug-likeness (QED) is 0.515. The van der Waals surface area contributed by atoms with Crippen molar-refractivity contribution in [3.8, 4) is 17.0 Å². The van der Waals surface area contributed by atoms with E-state index >= 15 is 0 Å². The maximum absolute atomic E-state index is 11.3. The van der Waals surface area contributed by atoms with Crippen molar-refractivity contribution in [3.05, 3.63) is 51.7 Å². The molecule has 0 unspecified atom stereocenters. The number of hydrogen-bond acceptors (Lipinski definition) is 5. The first-order valence-corrected chi connectivity index (χ1v) is 8.03. The summed E-state index contributed by atoms with van der Waals surface area (Å²) in [4.78, 5) is 25.7. The maximum atomic E-state index is 11.3. The molecule has 1 heterocycles. The minimum atomic E-state index is -0.565. The highest BCUT2D eigenvalue weighted by atomic mass is 16.6. The molecule has 1 N–H and O–H groups in total. The average molecular weight is 326 g/mol. The number of hydrogen-bond donors (Lipinski definition) is 1. The van der Waals surface area contributed by atoms with Crippen molar-refractivity contribution < 1.29 is 14.8 Å². The zero-order valence-electron chi connectivity index (χ0n) is 13.1. The Labute approximate surface area is 139 Å². The van der Waals surface area contributed by atoms with Gasteiger partial charge in [0.1, 0.15) is 0 Å². The van der Waals surface area contributed by atoms with E-state index in [1.165, 1.54) is 12.3 Å². The van der Waals surface area contributed by atoms with Gasteiger partial charge in [0.2, 0.25) is 0 Å². The smallest absolute Gasteiger partial charge is 0.311 e. The van der Waals surface area contributed by atoms with Crippen LogP contribution < -0.4 is 0 Å². The molecule has 0 amide bonds. The number of pyridine rings is 1. The molecule has 1 aromatic carbocycles. The van der Waals surface area contributed by atoms with Crippen LogP contribution in [0.2, 0.25) is 0 Å². The normalized spacial score (nSPS) is 15.2. The van der Waals surface area contributed by atoms with Gasteiger partial charge in [-0.05, 0) is 37.0 Å². The van der Waals surface area contributed by atoms with Crippen LogP contribution in [0.1, 0.15) is 53.9 Å². The van der Waals surface area contributed by atoms with Crippen molar-refractivity contribution >= 4 is 12.0 Å². The Hall–Kier alpha value is -2.76. The van der Waals surface area contributed by atoms with Gasteiger partial charge in [0.25, 0.3) is 0 Å². The second-order valence-electron chi connectivity index (χ2n) is 6.12. The monoisotopic (exact) mass is 326 g/mol. The van der Waals surface area contributed by atoms with E-state index in [1.54, 1.807) is 18.2 Å². The van der Waals surface area contributed by atoms with E-state index in [-0.39, 0.29) is 17.4 Å². The fourth-order valence-corrected chi connectivity index (χ4v) is 3.30. The lowest BCUT2D eigenvalue weighted by Crippen LogP contribution is -2.06. The van der Waals surface area contributed by atoms with Gasteiger partial charge in [0.05, 0.1) is 10.6 Å². The minimum Gasteiger partial charge on any atom is -0.502 e. The molecule has 0 bridgehead atoms. The molecule has 124 valence electrons. The van der Waals surface area contributed by atoms with E-state index in [0.717, 1.165) is 32.1 Å². The first-order chi connectivity index (χ1) is 11.6. The number of rotatable bonds is 4. The van der Waals surface area contributed by atoms with Gasteiger partial charge in [-0.25, -0.2) is 0 Å². The number of carbonyl (C=O) groups excluding carboxylic acids is 1. The van der Waals surface area contributed by atoms with Crippen LogP contribution in [0.5, 0.6) is 5.75 Å². The second-order valence-corrected chi connectivity index (χ2v) is 6.12. The van der Waals surface area contributed by atoms with Crippen molar-refractivity contribution in [2.24, 2.45) is 0 Å². The highest BCUT2D eigenvalue weighted by Gasteiger charge is 2.26. The molecule has 6 heteroatoms. The summed E-state index contributed by atoms with van der Waals surface area (Å²) in [5.41, 5.74) is 1.90. The fraction of sp³-hybridized carbons (Fsp3) is 0.333. The van der Waals surface area contributed by atoms with Crippen LogP contribution >= 0.6 is 0 Å². The summed E-state index contributed by atoms with van der Waals surface area (Å²) in [5, 5.41) is 21.7. The van der Waals surface area contributed by atoms with Gasteiger partial charge in [0.15, 0.2) is 12.0 Å². The number of carbonyl (C=O) groups is 1. The van der Waals surface area contributed by atoms with Gasteiger partial charge in [-0.2, -0.15) is 0 Å². The molecule has 0 atom stereocenters. The van der Waals surface area contributed by atoms with Crippen molar-refractivity contribution in [2.75, 3.05) is 0 Å². The van der Waals surface area contributed by atoms with Crippen LogP contribution in [0.4, 0.5) is 5.69 Å². The molecule has 1 aromatic heterocycles. The van der Waals surface area contributed by atoms with Gasteiger partial charge in [0, 0.05) is 29.0 Å². The number of benzene rings is 1. The van der Waals surface area contributed by atoms with Gasteiger partial charge in [-0.15, -0.1) is 0 Å². The van der Waals surface area contributed by atoms with Crippen LogP contribution in [0.25, 0.3) is 11.3 Å². The Morgan fingerprint density at radius 3 is 2.54 bits per heavy atom. The van der Waals surface area contributed by atoms with Gasteiger partial charge < -0.3 is 5.11 Å². The summed E-state index contributed by atoms with van der Waals surface area (Å²) in [7, 11) is 0. The summed E-state index contributed by atoms with van der Waals surface area (Å²) in [6, 6.07) is 6.41. The van der Waals surface area contributed by atoms with Crippen molar-refractivity contribution in [1.29, 1.82) is 0 Å². The molecule has 1 aliphatic carbocycles. The first kappa shape index (κ1) is 16.1. The summed E-state index contributed by atoms with van der Waals surface area (Å²) in [5.74, 6) is -0.105. The SMILES string of the molecule is O=Cc1ccc(-c2cc(C3CCCCC3)c(O)c([N+](=O)[O-])c2)nc1. The molecule has 0 saturated heterocycles. The van der Waals surface area contributed by atoms with E-state index in [2.05, 4.69) is 4.98 Å². The Balaban J connectivity index is 2.09. The zero-order chi connectivity index (χ0) is 17.1. The number of aromatic nitrogens is 1.